The summed E-state index contributed by atoms with van der Waals surface area (Å²) < 4.78 is 28.7. The van der Waals surface area contributed by atoms with Crippen molar-refractivity contribution in [2.75, 3.05) is 20.3 Å². The maximum Gasteiger partial charge on any atom is 0.224 e. The summed E-state index contributed by atoms with van der Waals surface area (Å²) in [4.78, 5) is 11.9. The van der Waals surface area contributed by atoms with Crippen molar-refractivity contribution in [3.05, 3.63) is 29.8 Å². The summed E-state index contributed by atoms with van der Waals surface area (Å²) in [5.74, 6) is -0.110. The van der Waals surface area contributed by atoms with Crippen molar-refractivity contribution >= 4 is 15.7 Å². The van der Waals surface area contributed by atoms with Crippen LogP contribution in [0.1, 0.15) is 19.4 Å². The van der Waals surface area contributed by atoms with Gasteiger partial charge in [0, 0.05) is 13.7 Å². The van der Waals surface area contributed by atoms with Gasteiger partial charge in [0.05, 0.1) is 23.2 Å². The van der Waals surface area contributed by atoms with E-state index < -0.39 is 15.1 Å². The van der Waals surface area contributed by atoms with Gasteiger partial charge in [-0.05, 0) is 31.5 Å². The van der Waals surface area contributed by atoms with E-state index in [1.165, 1.54) is 0 Å². The average Bonchev–Trinajstić information content (AvgIpc) is 2.39. The van der Waals surface area contributed by atoms with Crippen molar-refractivity contribution in [1.29, 1.82) is 0 Å². The largest absolute Gasteiger partial charge is 0.383 e. The highest BCUT2D eigenvalue weighted by Crippen LogP contribution is 2.16. The molecular weight excluding hydrogens is 278 g/mol. The van der Waals surface area contributed by atoms with Crippen molar-refractivity contribution in [2.45, 2.75) is 30.4 Å². The third-order valence-electron chi connectivity index (χ3n) is 2.87. The lowest BCUT2D eigenvalue weighted by molar-refractivity contribution is -0.120. The Hall–Kier alpha value is -1.40. The summed E-state index contributed by atoms with van der Waals surface area (Å²) in [7, 11) is -1.69. The fourth-order valence-electron chi connectivity index (χ4n) is 1.61. The number of methoxy groups -OCH3 is 1. The zero-order valence-electron chi connectivity index (χ0n) is 12.0. The second-order valence-electron chi connectivity index (χ2n) is 4.76. The molecule has 0 bridgehead atoms. The van der Waals surface area contributed by atoms with Gasteiger partial charge >= 0.3 is 0 Å². The summed E-state index contributed by atoms with van der Waals surface area (Å²) in [6, 6.07) is 6.44. The van der Waals surface area contributed by atoms with Crippen LogP contribution >= 0.6 is 0 Å². The van der Waals surface area contributed by atoms with Crippen molar-refractivity contribution in [3.63, 3.8) is 0 Å². The lowest BCUT2D eigenvalue weighted by Crippen LogP contribution is -2.28. The zero-order chi connectivity index (χ0) is 15.2. The number of hydrogen-bond acceptors (Lipinski definition) is 4. The number of hydrogen-bond donors (Lipinski definition) is 1. The van der Waals surface area contributed by atoms with Gasteiger partial charge in [-0.3, -0.25) is 4.79 Å². The maximum atomic E-state index is 11.9. The standard InChI is InChI=1S/C14H21NO4S/c1-11(2)20(17,18)13-6-4-12(5-7-13)10-14(16)15-8-9-19-3/h4-7,11H,8-10H2,1-3H3,(H,15,16). The molecule has 6 heteroatoms. The van der Waals surface area contributed by atoms with Crippen molar-refractivity contribution < 1.29 is 17.9 Å². The predicted molar refractivity (Wildman–Crippen MR) is 77.4 cm³/mol. The van der Waals surface area contributed by atoms with Gasteiger partial charge in [0.2, 0.25) is 5.91 Å². The molecule has 0 spiro atoms. The summed E-state index contributed by atoms with van der Waals surface area (Å²) in [5.41, 5.74) is 0.780. The molecule has 1 aromatic carbocycles. The maximum absolute atomic E-state index is 11.9. The minimum atomic E-state index is -3.26. The molecular formula is C14H21NO4S. The fourth-order valence-corrected chi connectivity index (χ4v) is 2.67. The summed E-state index contributed by atoms with van der Waals surface area (Å²) in [6.45, 7) is 4.23. The van der Waals surface area contributed by atoms with Gasteiger partial charge in [-0.2, -0.15) is 0 Å². The second-order valence-corrected chi connectivity index (χ2v) is 7.26. The molecule has 0 heterocycles. The van der Waals surface area contributed by atoms with E-state index in [0.29, 0.717) is 13.2 Å². The second kappa shape index (κ2) is 7.40. The van der Waals surface area contributed by atoms with E-state index in [1.807, 2.05) is 0 Å². The SMILES string of the molecule is COCCNC(=O)Cc1ccc(S(=O)(=O)C(C)C)cc1. The third-order valence-corrected chi connectivity index (χ3v) is 5.04. The first kappa shape index (κ1) is 16.7. The first-order valence-electron chi connectivity index (χ1n) is 6.46. The predicted octanol–water partition coefficient (Wildman–Crippen LogP) is 1.17. The molecule has 20 heavy (non-hydrogen) atoms. The molecule has 1 aromatic rings. The van der Waals surface area contributed by atoms with Crippen molar-refractivity contribution in [2.24, 2.45) is 0 Å². The van der Waals surface area contributed by atoms with Gasteiger partial charge in [0.25, 0.3) is 0 Å². The average molecular weight is 299 g/mol. The lowest BCUT2D eigenvalue weighted by Gasteiger charge is -2.09. The van der Waals surface area contributed by atoms with Gasteiger partial charge in [-0.25, -0.2) is 8.42 Å². The van der Waals surface area contributed by atoms with E-state index in [2.05, 4.69) is 5.32 Å². The number of benzene rings is 1. The number of rotatable bonds is 7. The monoisotopic (exact) mass is 299 g/mol. The molecule has 0 saturated heterocycles. The number of carbonyl (C=O) groups is 1. The Morgan fingerprint density at radius 3 is 2.35 bits per heavy atom. The molecule has 5 nitrogen and oxygen atoms in total. The quantitative estimate of drug-likeness (QED) is 0.767. The summed E-state index contributed by atoms with van der Waals surface area (Å²) in [6.07, 6.45) is 0.228. The van der Waals surface area contributed by atoms with Crippen molar-refractivity contribution in [3.8, 4) is 0 Å². The molecule has 0 radical (unpaired) electrons. The fraction of sp³-hybridized carbons (Fsp3) is 0.500. The van der Waals surface area contributed by atoms with Gasteiger partial charge in [-0.15, -0.1) is 0 Å². The smallest absolute Gasteiger partial charge is 0.224 e. The highest BCUT2D eigenvalue weighted by Gasteiger charge is 2.18. The van der Waals surface area contributed by atoms with Crippen LogP contribution in [0.5, 0.6) is 0 Å². The van der Waals surface area contributed by atoms with E-state index in [0.717, 1.165) is 5.56 Å². The molecule has 0 aliphatic rings. The van der Waals surface area contributed by atoms with Crippen LogP contribution in [0, 0.1) is 0 Å². The molecule has 0 aliphatic carbocycles. The molecule has 0 unspecified atom stereocenters. The Bertz CT molecular complexity index is 535. The van der Waals surface area contributed by atoms with Crippen LogP contribution in [-0.4, -0.2) is 39.8 Å². The van der Waals surface area contributed by atoms with Crippen LogP contribution in [0.15, 0.2) is 29.2 Å². The van der Waals surface area contributed by atoms with E-state index in [-0.39, 0.29) is 17.2 Å². The molecule has 0 aliphatic heterocycles. The molecule has 112 valence electrons. The van der Waals surface area contributed by atoms with Crippen LogP contribution in [0.2, 0.25) is 0 Å². The van der Waals surface area contributed by atoms with Crippen LogP contribution in [0.4, 0.5) is 0 Å². The van der Waals surface area contributed by atoms with Crippen LogP contribution in [0.25, 0.3) is 0 Å². The van der Waals surface area contributed by atoms with E-state index in [4.69, 9.17) is 4.74 Å². The van der Waals surface area contributed by atoms with Gasteiger partial charge in [0.1, 0.15) is 0 Å². The summed E-state index contributed by atoms with van der Waals surface area (Å²) >= 11 is 0. The van der Waals surface area contributed by atoms with Gasteiger partial charge in [0.15, 0.2) is 9.84 Å². The Balaban J connectivity index is 2.66. The van der Waals surface area contributed by atoms with E-state index in [1.54, 1.807) is 45.2 Å². The Kier molecular flexibility index (Phi) is 6.16. The summed E-state index contributed by atoms with van der Waals surface area (Å²) in [5, 5.41) is 2.26. The molecule has 1 N–H and O–H groups in total. The number of amides is 1. The first-order valence-corrected chi connectivity index (χ1v) is 8.01. The van der Waals surface area contributed by atoms with Crippen LogP contribution in [-0.2, 0) is 25.8 Å². The van der Waals surface area contributed by atoms with E-state index >= 15 is 0 Å². The highest BCUT2D eigenvalue weighted by atomic mass is 32.2. The molecule has 1 amide bonds. The number of nitrogens with one attached hydrogen (secondary N) is 1. The van der Waals surface area contributed by atoms with Crippen molar-refractivity contribution in [1.82, 2.24) is 5.32 Å². The third kappa shape index (κ3) is 4.61. The minimum absolute atomic E-state index is 0.110. The van der Waals surface area contributed by atoms with Crippen LogP contribution in [0.3, 0.4) is 0 Å². The highest BCUT2D eigenvalue weighted by molar-refractivity contribution is 7.92. The first-order chi connectivity index (χ1) is 9.37. The zero-order valence-corrected chi connectivity index (χ0v) is 12.9. The Morgan fingerprint density at radius 2 is 1.85 bits per heavy atom. The lowest BCUT2D eigenvalue weighted by atomic mass is 10.1. The number of carbonyl (C=O) groups excluding carboxylic acids is 1. The topological polar surface area (TPSA) is 72.5 Å². The van der Waals surface area contributed by atoms with Crippen LogP contribution < -0.4 is 5.32 Å². The normalized spacial score (nSPS) is 11.6. The molecule has 0 fully saturated rings. The minimum Gasteiger partial charge on any atom is -0.383 e. The molecule has 0 saturated carbocycles. The number of ether oxygens (including phenoxy) is 1. The molecule has 0 aromatic heterocycles. The van der Waals surface area contributed by atoms with Gasteiger partial charge < -0.3 is 10.1 Å². The number of sulfone groups is 1. The van der Waals surface area contributed by atoms with Gasteiger partial charge in [-0.1, -0.05) is 12.1 Å². The molecule has 1 rings (SSSR count). The Morgan fingerprint density at radius 1 is 1.25 bits per heavy atom. The van der Waals surface area contributed by atoms with E-state index in [9.17, 15) is 13.2 Å². The molecule has 0 atom stereocenters. The Labute approximate surface area is 120 Å².